The molecule has 0 aliphatic rings. The molecule has 0 saturated heterocycles. The van der Waals surface area contributed by atoms with Crippen LogP contribution in [0.3, 0.4) is 0 Å². The second kappa shape index (κ2) is 8.08. The summed E-state index contributed by atoms with van der Waals surface area (Å²) >= 11 is 7.68. The maximum atomic E-state index is 12.0. The van der Waals surface area contributed by atoms with Crippen molar-refractivity contribution in [3.8, 4) is 0 Å². The highest BCUT2D eigenvalue weighted by Crippen LogP contribution is 2.24. The molecule has 0 amide bonds. The fourth-order valence-electron chi connectivity index (χ4n) is 2.14. The number of nitrogens with one attached hydrogen (secondary N) is 1. The molecule has 0 radical (unpaired) electrons. The number of esters is 1. The normalized spacial score (nSPS) is 11.9. The van der Waals surface area contributed by atoms with E-state index in [1.165, 1.54) is 18.4 Å². The molecule has 1 unspecified atom stereocenters. The first-order valence-corrected chi connectivity index (χ1v) is 8.00. The van der Waals surface area contributed by atoms with E-state index >= 15 is 0 Å². The number of benzene rings is 1. The highest BCUT2D eigenvalue weighted by Gasteiger charge is 2.22. The van der Waals surface area contributed by atoms with Crippen molar-refractivity contribution in [3.63, 3.8) is 0 Å². The first-order chi connectivity index (χ1) is 10.7. The smallest absolute Gasteiger partial charge is 0.327 e. The Morgan fingerprint density at radius 2 is 2.18 bits per heavy atom. The molecule has 1 heterocycles. The summed E-state index contributed by atoms with van der Waals surface area (Å²) in [6.07, 6.45) is 1.50. The average Bonchev–Trinajstić information content (AvgIpc) is 2.99. The number of hydrogen-bond donors (Lipinski definition) is 1. The van der Waals surface area contributed by atoms with Gasteiger partial charge >= 0.3 is 5.97 Å². The Bertz CT molecular complexity index is 656. The molecule has 2 aromatic rings. The summed E-state index contributed by atoms with van der Waals surface area (Å²) in [5.41, 5.74) is 1.37. The third-order valence-corrected chi connectivity index (χ3v) is 4.60. The zero-order valence-electron chi connectivity index (χ0n) is 12.0. The van der Waals surface area contributed by atoms with Crippen molar-refractivity contribution in [1.29, 1.82) is 0 Å². The monoisotopic (exact) mass is 337 g/mol. The quantitative estimate of drug-likeness (QED) is 0.622. The lowest BCUT2D eigenvalue weighted by molar-refractivity contribution is -0.143. The molecule has 0 saturated carbocycles. The standard InChI is InChI=1S/C16H16ClNO3S/c1-21-16(20)15(12-4-2-3-5-13(12)17)18-8-6-14-11(10-19)7-9-22-14/h2-5,7,9-10,15,18H,6,8H2,1H3. The molecule has 116 valence electrons. The van der Waals surface area contributed by atoms with Gasteiger partial charge in [-0.1, -0.05) is 29.8 Å². The first kappa shape index (κ1) is 16.7. The molecule has 22 heavy (non-hydrogen) atoms. The summed E-state index contributed by atoms with van der Waals surface area (Å²) in [6.45, 7) is 0.534. The van der Waals surface area contributed by atoms with E-state index in [0.717, 1.165) is 11.2 Å². The van der Waals surface area contributed by atoms with Crippen molar-refractivity contribution < 1.29 is 14.3 Å². The van der Waals surface area contributed by atoms with Crippen molar-refractivity contribution in [2.45, 2.75) is 12.5 Å². The number of halogens is 1. The van der Waals surface area contributed by atoms with Crippen molar-refractivity contribution in [3.05, 3.63) is 56.7 Å². The van der Waals surface area contributed by atoms with E-state index in [4.69, 9.17) is 16.3 Å². The van der Waals surface area contributed by atoms with E-state index in [9.17, 15) is 9.59 Å². The Kier molecular flexibility index (Phi) is 6.12. The highest BCUT2D eigenvalue weighted by molar-refractivity contribution is 7.10. The van der Waals surface area contributed by atoms with E-state index in [0.29, 0.717) is 29.1 Å². The summed E-state index contributed by atoms with van der Waals surface area (Å²) in [4.78, 5) is 23.9. The largest absolute Gasteiger partial charge is 0.468 e. The predicted octanol–water partition coefficient (Wildman–Crippen LogP) is 3.26. The summed E-state index contributed by atoms with van der Waals surface area (Å²) in [5.74, 6) is -0.394. The summed E-state index contributed by atoms with van der Waals surface area (Å²) < 4.78 is 4.84. The van der Waals surface area contributed by atoms with Crippen LogP contribution in [0.15, 0.2) is 35.7 Å². The van der Waals surface area contributed by atoms with Gasteiger partial charge in [-0.25, -0.2) is 4.79 Å². The van der Waals surface area contributed by atoms with Crippen molar-refractivity contribution >= 4 is 35.2 Å². The molecule has 1 aromatic heterocycles. The zero-order chi connectivity index (χ0) is 15.9. The van der Waals surface area contributed by atoms with Gasteiger partial charge in [-0.05, 0) is 29.5 Å². The topological polar surface area (TPSA) is 55.4 Å². The van der Waals surface area contributed by atoms with Crippen LogP contribution in [0, 0.1) is 0 Å². The van der Waals surface area contributed by atoms with Gasteiger partial charge in [0.05, 0.1) is 7.11 Å². The zero-order valence-corrected chi connectivity index (χ0v) is 13.6. The number of methoxy groups -OCH3 is 1. The lowest BCUT2D eigenvalue weighted by Crippen LogP contribution is -2.31. The molecule has 0 bridgehead atoms. The van der Waals surface area contributed by atoms with E-state index in [1.807, 2.05) is 17.5 Å². The summed E-state index contributed by atoms with van der Waals surface area (Å²) in [5, 5.41) is 5.54. The molecule has 1 N–H and O–H groups in total. The summed E-state index contributed by atoms with van der Waals surface area (Å²) in [6, 6.07) is 8.32. The van der Waals surface area contributed by atoms with E-state index in [2.05, 4.69) is 5.32 Å². The molecule has 2 rings (SSSR count). The van der Waals surface area contributed by atoms with Gasteiger partial charge in [-0.3, -0.25) is 4.79 Å². The molecule has 0 fully saturated rings. The number of hydrogen-bond acceptors (Lipinski definition) is 5. The van der Waals surface area contributed by atoms with Crippen molar-refractivity contribution in [2.75, 3.05) is 13.7 Å². The van der Waals surface area contributed by atoms with Gasteiger partial charge in [0.2, 0.25) is 0 Å². The maximum absolute atomic E-state index is 12.0. The molecule has 0 aliphatic carbocycles. The third kappa shape index (κ3) is 3.94. The minimum absolute atomic E-state index is 0.394. The Morgan fingerprint density at radius 1 is 1.41 bits per heavy atom. The van der Waals surface area contributed by atoms with Crippen LogP contribution in [0.5, 0.6) is 0 Å². The Labute approximate surface area is 138 Å². The van der Waals surface area contributed by atoms with Crippen LogP contribution < -0.4 is 5.32 Å². The number of carbonyl (C=O) groups is 2. The van der Waals surface area contributed by atoms with E-state index in [1.54, 1.807) is 18.2 Å². The second-order valence-corrected chi connectivity index (χ2v) is 6.01. The maximum Gasteiger partial charge on any atom is 0.327 e. The molecule has 0 spiro atoms. The van der Waals surface area contributed by atoms with Gasteiger partial charge < -0.3 is 10.1 Å². The SMILES string of the molecule is COC(=O)C(NCCc1sccc1C=O)c1ccccc1Cl. The third-order valence-electron chi connectivity index (χ3n) is 3.26. The Morgan fingerprint density at radius 3 is 2.86 bits per heavy atom. The molecule has 4 nitrogen and oxygen atoms in total. The molecular weight excluding hydrogens is 322 g/mol. The molecule has 0 aliphatic heterocycles. The number of carbonyl (C=O) groups excluding carboxylic acids is 2. The van der Waals surface area contributed by atoms with Gasteiger partial charge in [-0.15, -0.1) is 11.3 Å². The first-order valence-electron chi connectivity index (χ1n) is 6.74. The predicted molar refractivity (Wildman–Crippen MR) is 87.6 cm³/mol. The fraction of sp³-hybridized carbons (Fsp3) is 0.250. The number of ether oxygens (including phenoxy) is 1. The summed E-state index contributed by atoms with van der Waals surface area (Å²) in [7, 11) is 1.34. The van der Waals surface area contributed by atoms with Crippen LogP contribution in [-0.2, 0) is 16.0 Å². The van der Waals surface area contributed by atoms with Gasteiger partial charge in [0.15, 0.2) is 6.29 Å². The van der Waals surface area contributed by atoms with Crippen LogP contribution in [0.1, 0.15) is 26.8 Å². The second-order valence-electron chi connectivity index (χ2n) is 4.60. The van der Waals surface area contributed by atoms with Gasteiger partial charge in [0, 0.05) is 22.0 Å². The van der Waals surface area contributed by atoms with E-state index < -0.39 is 12.0 Å². The van der Waals surface area contributed by atoms with Crippen LogP contribution in [0.4, 0.5) is 0 Å². The minimum Gasteiger partial charge on any atom is -0.468 e. The molecule has 6 heteroatoms. The highest BCUT2D eigenvalue weighted by atomic mass is 35.5. The van der Waals surface area contributed by atoms with Crippen LogP contribution in [0.25, 0.3) is 0 Å². The number of rotatable bonds is 7. The molecule has 1 atom stereocenters. The molecular formula is C16H16ClNO3S. The van der Waals surface area contributed by atoms with Gasteiger partial charge in [-0.2, -0.15) is 0 Å². The van der Waals surface area contributed by atoms with Crippen LogP contribution >= 0.6 is 22.9 Å². The lowest BCUT2D eigenvalue weighted by atomic mass is 10.1. The number of aldehydes is 1. The Balaban J connectivity index is 2.07. The van der Waals surface area contributed by atoms with Gasteiger partial charge in [0.1, 0.15) is 6.04 Å². The number of thiophene rings is 1. The van der Waals surface area contributed by atoms with Crippen LogP contribution in [0.2, 0.25) is 5.02 Å². The van der Waals surface area contributed by atoms with E-state index in [-0.39, 0.29) is 0 Å². The average molecular weight is 338 g/mol. The Hall–Kier alpha value is -1.69. The van der Waals surface area contributed by atoms with Gasteiger partial charge in [0.25, 0.3) is 0 Å². The van der Waals surface area contributed by atoms with Crippen molar-refractivity contribution in [2.24, 2.45) is 0 Å². The van der Waals surface area contributed by atoms with Crippen molar-refractivity contribution in [1.82, 2.24) is 5.32 Å². The minimum atomic E-state index is -0.627. The molecule has 1 aromatic carbocycles. The van der Waals surface area contributed by atoms with Crippen LogP contribution in [-0.4, -0.2) is 25.9 Å². The fourth-order valence-corrected chi connectivity index (χ4v) is 3.23. The lowest BCUT2D eigenvalue weighted by Gasteiger charge is -2.18.